The van der Waals surface area contributed by atoms with E-state index in [0.717, 1.165) is 12.8 Å². The lowest BCUT2D eigenvalue weighted by atomic mass is 9.41. The average Bonchev–Trinajstić information content (AvgIpc) is 3.41. The first-order chi connectivity index (χ1) is 15.8. The molecule has 6 rings (SSSR count). The molecule has 6 fully saturated rings. The minimum Gasteiger partial charge on any atom is -0.393 e. The molecule has 5 aliphatic carbocycles. The first kappa shape index (κ1) is 24.2. The van der Waals surface area contributed by atoms with E-state index in [9.17, 15) is 15.3 Å². The van der Waals surface area contributed by atoms with Crippen LogP contribution in [0, 0.1) is 56.7 Å². The Balaban J connectivity index is 1.37. The van der Waals surface area contributed by atoms with Gasteiger partial charge < -0.3 is 20.1 Å². The Kier molecular flexibility index (Phi) is 5.00. The maximum Gasteiger partial charge on any atom is 0.0880 e. The van der Waals surface area contributed by atoms with Crippen molar-refractivity contribution in [2.75, 3.05) is 0 Å². The molecular formula is C30H50O4. The van der Waals surface area contributed by atoms with Crippen LogP contribution < -0.4 is 0 Å². The Morgan fingerprint density at radius 1 is 0.882 bits per heavy atom. The molecule has 5 saturated carbocycles. The van der Waals surface area contributed by atoms with Crippen molar-refractivity contribution in [1.29, 1.82) is 0 Å². The van der Waals surface area contributed by atoms with Crippen molar-refractivity contribution in [3.05, 3.63) is 0 Å². The molecule has 34 heavy (non-hydrogen) atoms. The molecule has 3 N–H and O–H groups in total. The third-order valence-corrected chi connectivity index (χ3v) is 13.9. The molecule has 0 radical (unpaired) electrons. The zero-order chi connectivity index (χ0) is 24.6. The van der Waals surface area contributed by atoms with Gasteiger partial charge in [0.25, 0.3) is 0 Å². The number of rotatable bonds is 2. The van der Waals surface area contributed by atoms with Gasteiger partial charge in [-0.25, -0.2) is 0 Å². The van der Waals surface area contributed by atoms with Crippen LogP contribution in [-0.4, -0.2) is 45.8 Å². The molecule has 8 unspecified atom stereocenters. The second-order valence-electron chi connectivity index (χ2n) is 15.3. The van der Waals surface area contributed by atoms with Gasteiger partial charge in [0.05, 0.1) is 30.5 Å². The van der Waals surface area contributed by atoms with Crippen LogP contribution in [0.25, 0.3) is 0 Å². The van der Waals surface area contributed by atoms with Crippen LogP contribution >= 0.6 is 0 Å². The highest BCUT2D eigenvalue weighted by Crippen LogP contribution is 2.89. The third-order valence-electron chi connectivity index (χ3n) is 13.9. The zero-order valence-electron chi connectivity index (χ0n) is 22.7. The summed E-state index contributed by atoms with van der Waals surface area (Å²) in [4.78, 5) is 0. The Morgan fingerprint density at radius 2 is 1.53 bits per heavy atom. The second-order valence-corrected chi connectivity index (χ2v) is 15.3. The van der Waals surface area contributed by atoms with E-state index in [1.165, 1.54) is 38.5 Å². The van der Waals surface area contributed by atoms with Crippen LogP contribution in [0.15, 0.2) is 0 Å². The number of aliphatic hydroxyl groups excluding tert-OH is 3. The molecule has 0 aromatic rings. The van der Waals surface area contributed by atoms with Crippen LogP contribution in [0.2, 0.25) is 0 Å². The minimum atomic E-state index is -0.469. The van der Waals surface area contributed by atoms with Crippen LogP contribution in [0.3, 0.4) is 0 Å². The summed E-state index contributed by atoms with van der Waals surface area (Å²) < 4.78 is 6.68. The van der Waals surface area contributed by atoms with Gasteiger partial charge in [0, 0.05) is 5.41 Å². The lowest BCUT2D eigenvalue weighted by Crippen LogP contribution is -2.59. The van der Waals surface area contributed by atoms with Gasteiger partial charge in [-0.1, -0.05) is 48.5 Å². The molecular weight excluding hydrogens is 424 g/mol. The molecule has 0 amide bonds. The quantitative estimate of drug-likeness (QED) is 0.516. The van der Waals surface area contributed by atoms with Gasteiger partial charge in [0.1, 0.15) is 0 Å². The number of hydrogen-bond acceptors (Lipinski definition) is 4. The molecule has 2 spiro atoms. The van der Waals surface area contributed by atoms with Crippen molar-refractivity contribution in [3.8, 4) is 0 Å². The van der Waals surface area contributed by atoms with Gasteiger partial charge in [-0.2, -0.15) is 0 Å². The largest absolute Gasteiger partial charge is 0.393 e. The van der Waals surface area contributed by atoms with Gasteiger partial charge in [-0.05, 0) is 103 Å². The normalized spacial score (nSPS) is 60.4. The highest BCUT2D eigenvalue weighted by molar-refractivity contribution is 5.32. The summed E-state index contributed by atoms with van der Waals surface area (Å²) in [5, 5.41) is 33.9. The Morgan fingerprint density at radius 3 is 2.21 bits per heavy atom. The Hall–Kier alpha value is -0.160. The standard InChI is InChI=1S/C30H50O4/c1-16(2)23(32)18-14-17(3)22-24(34-18)25(33)28(7)20-9-8-19-26(4,5)21(31)10-11-29(19)15-30(20,29)13-12-27(22,28)6/h16-25,31-33H,8-15H2,1-7H3/t17-,18?,19+,20?,21?,22+,23-,24?,25+,27?,28?,29?,30?/m1/s1. The zero-order valence-corrected chi connectivity index (χ0v) is 22.7. The third kappa shape index (κ3) is 2.51. The lowest BCUT2D eigenvalue weighted by molar-refractivity contribution is -0.184. The highest BCUT2D eigenvalue weighted by atomic mass is 16.5. The van der Waals surface area contributed by atoms with Crippen LogP contribution in [0.4, 0.5) is 0 Å². The molecule has 0 aromatic carbocycles. The number of ether oxygens (including phenoxy) is 1. The maximum atomic E-state index is 12.2. The lowest BCUT2D eigenvalue weighted by Gasteiger charge is -2.63. The van der Waals surface area contributed by atoms with Crippen molar-refractivity contribution < 1.29 is 20.1 Å². The summed E-state index contributed by atoms with van der Waals surface area (Å²) in [6, 6.07) is 0. The fourth-order valence-electron chi connectivity index (χ4n) is 12.0. The molecule has 194 valence electrons. The first-order valence-corrected chi connectivity index (χ1v) is 14.5. The Labute approximate surface area is 207 Å². The van der Waals surface area contributed by atoms with E-state index < -0.39 is 12.2 Å². The minimum absolute atomic E-state index is 0.00547. The molecule has 1 aliphatic heterocycles. The summed E-state index contributed by atoms with van der Waals surface area (Å²) >= 11 is 0. The average molecular weight is 475 g/mol. The topological polar surface area (TPSA) is 69.9 Å². The van der Waals surface area contributed by atoms with E-state index in [0.29, 0.717) is 34.5 Å². The van der Waals surface area contributed by atoms with E-state index in [2.05, 4.69) is 48.5 Å². The predicted molar refractivity (Wildman–Crippen MR) is 133 cm³/mol. The van der Waals surface area contributed by atoms with E-state index in [1.807, 2.05) is 0 Å². The summed E-state index contributed by atoms with van der Waals surface area (Å²) in [5.74, 6) is 2.11. The second kappa shape index (κ2) is 7.03. The Bertz CT molecular complexity index is 855. The molecule has 6 aliphatic rings. The predicted octanol–water partition coefficient (Wildman–Crippen LogP) is 5.18. The summed E-state index contributed by atoms with van der Waals surface area (Å²) in [7, 11) is 0. The maximum absolute atomic E-state index is 12.2. The summed E-state index contributed by atoms with van der Waals surface area (Å²) in [6.07, 6.45) is 7.70. The summed E-state index contributed by atoms with van der Waals surface area (Å²) in [5.41, 5.74) is 0.631. The van der Waals surface area contributed by atoms with Gasteiger partial charge in [0.15, 0.2) is 0 Å². The molecule has 1 heterocycles. The van der Waals surface area contributed by atoms with Crippen molar-refractivity contribution in [2.45, 2.75) is 130 Å². The smallest absolute Gasteiger partial charge is 0.0880 e. The van der Waals surface area contributed by atoms with Crippen molar-refractivity contribution in [2.24, 2.45) is 56.7 Å². The van der Waals surface area contributed by atoms with Gasteiger partial charge in [-0.3, -0.25) is 0 Å². The van der Waals surface area contributed by atoms with Crippen LogP contribution in [0.1, 0.15) is 99.8 Å². The highest BCUT2D eigenvalue weighted by Gasteiger charge is 2.84. The molecule has 13 atom stereocenters. The van der Waals surface area contributed by atoms with Gasteiger partial charge in [0.2, 0.25) is 0 Å². The van der Waals surface area contributed by atoms with E-state index >= 15 is 0 Å². The van der Waals surface area contributed by atoms with Gasteiger partial charge in [-0.15, -0.1) is 0 Å². The molecule has 0 bridgehead atoms. The molecule has 4 nitrogen and oxygen atoms in total. The summed E-state index contributed by atoms with van der Waals surface area (Å²) in [6.45, 7) is 16.0. The fourth-order valence-corrected chi connectivity index (χ4v) is 12.0. The first-order valence-electron chi connectivity index (χ1n) is 14.5. The molecule has 0 aromatic heterocycles. The van der Waals surface area contributed by atoms with E-state index in [1.54, 1.807) is 0 Å². The SMILES string of the molecule is CC(C)[C@@H](O)C1C[C@@H](C)[C@H]2C(O1)[C@H](O)C1(C)C3CC[C@H]4C(C)(C)C(O)CCC45CC35CCC21C. The van der Waals surface area contributed by atoms with Crippen molar-refractivity contribution in [1.82, 2.24) is 0 Å². The van der Waals surface area contributed by atoms with E-state index in [-0.39, 0.29) is 40.5 Å². The van der Waals surface area contributed by atoms with Crippen LogP contribution in [0.5, 0.6) is 0 Å². The van der Waals surface area contributed by atoms with Crippen molar-refractivity contribution >= 4 is 0 Å². The fraction of sp³-hybridized carbons (Fsp3) is 1.00. The number of hydrogen-bond donors (Lipinski definition) is 3. The number of fused-ring (bicyclic) bond motifs is 4. The van der Waals surface area contributed by atoms with Gasteiger partial charge >= 0.3 is 0 Å². The molecule has 4 heteroatoms. The van der Waals surface area contributed by atoms with Crippen LogP contribution in [-0.2, 0) is 4.74 Å². The van der Waals surface area contributed by atoms with Crippen molar-refractivity contribution in [3.63, 3.8) is 0 Å². The van der Waals surface area contributed by atoms with E-state index in [4.69, 9.17) is 4.74 Å². The molecule has 1 saturated heterocycles. The number of aliphatic hydroxyl groups is 3. The monoisotopic (exact) mass is 474 g/mol.